The Kier molecular flexibility index (Phi) is 6.43. The summed E-state index contributed by atoms with van der Waals surface area (Å²) in [6.45, 7) is 3.38. The zero-order chi connectivity index (χ0) is 17.4. The van der Waals surface area contributed by atoms with Crippen LogP contribution in [0.4, 0.5) is 0 Å². The SMILES string of the molecule is OC[C@@]1(CCc2ccccc2)CCCN(C/C=C/c2ccccc2)C1. The average Bonchev–Trinajstić information content (AvgIpc) is 2.68. The molecule has 0 spiro atoms. The van der Waals surface area contributed by atoms with Crippen LogP contribution in [0.5, 0.6) is 0 Å². The van der Waals surface area contributed by atoms with Crippen molar-refractivity contribution in [2.75, 3.05) is 26.2 Å². The largest absolute Gasteiger partial charge is 0.396 e. The molecule has 1 atom stereocenters. The Morgan fingerprint density at radius 2 is 1.72 bits per heavy atom. The Balaban J connectivity index is 1.55. The standard InChI is InChI=1S/C23H29NO/c25-20-23(16-14-22-11-5-2-6-12-22)15-8-18-24(19-23)17-7-13-21-9-3-1-4-10-21/h1-7,9-13,25H,8,14-20H2/b13-7+/t23-/m1/s1. The monoisotopic (exact) mass is 335 g/mol. The summed E-state index contributed by atoms with van der Waals surface area (Å²) in [7, 11) is 0. The van der Waals surface area contributed by atoms with Gasteiger partial charge in [-0.3, -0.25) is 4.90 Å². The molecule has 1 fully saturated rings. The second-order valence-electron chi connectivity index (χ2n) is 7.30. The van der Waals surface area contributed by atoms with Gasteiger partial charge in [-0.1, -0.05) is 72.8 Å². The Hall–Kier alpha value is -1.90. The van der Waals surface area contributed by atoms with Gasteiger partial charge in [0.1, 0.15) is 0 Å². The van der Waals surface area contributed by atoms with E-state index in [2.05, 4.69) is 71.6 Å². The molecule has 1 aliphatic rings. The second-order valence-corrected chi connectivity index (χ2v) is 7.30. The number of aliphatic hydroxyl groups is 1. The predicted octanol–water partition coefficient (Wildman–Crippen LogP) is 4.41. The van der Waals surface area contributed by atoms with Gasteiger partial charge in [0.05, 0.1) is 0 Å². The van der Waals surface area contributed by atoms with E-state index >= 15 is 0 Å². The lowest BCUT2D eigenvalue weighted by molar-refractivity contribution is 0.0308. The minimum absolute atomic E-state index is 0.0503. The highest BCUT2D eigenvalue weighted by atomic mass is 16.3. The van der Waals surface area contributed by atoms with Gasteiger partial charge in [0, 0.05) is 25.1 Å². The number of benzene rings is 2. The molecule has 0 unspecified atom stereocenters. The Labute approximate surface area is 151 Å². The maximum absolute atomic E-state index is 10.1. The van der Waals surface area contributed by atoms with E-state index in [1.807, 2.05) is 6.07 Å². The molecule has 0 aliphatic carbocycles. The fraction of sp³-hybridized carbons (Fsp3) is 0.391. The molecule has 2 aromatic rings. The highest BCUT2D eigenvalue weighted by Gasteiger charge is 2.34. The van der Waals surface area contributed by atoms with Crippen molar-refractivity contribution in [1.82, 2.24) is 4.90 Å². The average molecular weight is 335 g/mol. The van der Waals surface area contributed by atoms with Crippen molar-refractivity contribution in [3.63, 3.8) is 0 Å². The molecule has 0 saturated carbocycles. The van der Waals surface area contributed by atoms with Gasteiger partial charge in [-0.25, -0.2) is 0 Å². The maximum atomic E-state index is 10.1. The van der Waals surface area contributed by atoms with Crippen molar-refractivity contribution in [1.29, 1.82) is 0 Å². The number of piperidine rings is 1. The third kappa shape index (κ3) is 5.29. The minimum Gasteiger partial charge on any atom is -0.396 e. The first kappa shape index (κ1) is 17.9. The number of likely N-dealkylation sites (tertiary alicyclic amines) is 1. The number of hydrogen-bond acceptors (Lipinski definition) is 2. The van der Waals surface area contributed by atoms with E-state index in [9.17, 15) is 5.11 Å². The van der Waals surface area contributed by atoms with Crippen LogP contribution in [0.1, 0.15) is 30.4 Å². The highest BCUT2D eigenvalue weighted by molar-refractivity contribution is 5.48. The molecule has 2 heteroatoms. The third-order valence-electron chi connectivity index (χ3n) is 5.34. The quantitative estimate of drug-likeness (QED) is 0.810. The summed E-state index contributed by atoms with van der Waals surface area (Å²) < 4.78 is 0. The van der Waals surface area contributed by atoms with Gasteiger partial charge in [-0.2, -0.15) is 0 Å². The summed E-state index contributed by atoms with van der Waals surface area (Å²) in [4.78, 5) is 2.49. The summed E-state index contributed by atoms with van der Waals surface area (Å²) in [5, 5.41) is 10.1. The van der Waals surface area contributed by atoms with Gasteiger partial charge >= 0.3 is 0 Å². The summed E-state index contributed by atoms with van der Waals surface area (Å²) in [6.07, 6.45) is 8.87. The van der Waals surface area contributed by atoms with Crippen LogP contribution >= 0.6 is 0 Å². The first-order chi connectivity index (χ1) is 12.3. The molecule has 3 rings (SSSR count). The number of nitrogens with zero attached hydrogens (tertiary/aromatic N) is 1. The molecule has 0 amide bonds. The highest BCUT2D eigenvalue weighted by Crippen LogP contribution is 2.34. The van der Waals surface area contributed by atoms with E-state index in [0.29, 0.717) is 6.61 Å². The third-order valence-corrected chi connectivity index (χ3v) is 5.34. The topological polar surface area (TPSA) is 23.5 Å². The van der Waals surface area contributed by atoms with E-state index in [4.69, 9.17) is 0 Å². The van der Waals surface area contributed by atoms with E-state index in [-0.39, 0.29) is 5.41 Å². The van der Waals surface area contributed by atoms with Crippen LogP contribution in [-0.4, -0.2) is 36.2 Å². The van der Waals surface area contributed by atoms with Crippen LogP contribution in [0.3, 0.4) is 0 Å². The molecule has 132 valence electrons. The van der Waals surface area contributed by atoms with Gasteiger partial charge in [0.2, 0.25) is 0 Å². The van der Waals surface area contributed by atoms with Gasteiger partial charge in [0.25, 0.3) is 0 Å². The molecule has 1 heterocycles. The normalized spacial score (nSPS) is 21.6. The van der Waals surface area contributed by atoms with Crippen LogP contribution < -0.4 is 0 Å². The Bertz CT molecular complexity index is 652. The molecule has 1 saturated heterocycles. The van der Waals surface area contributed by atoms with Crippen molar-refractivity contribution < 1.29 is 5.11 Å². The first-order valence-electron chi connectivity index (χ1n) is 9.38. The number of rotatable bonds is 7. The van der Waals surface area contributed by atoms with Gasteiger partial charge in [-0.15, -0.1) is 0 Å². The van der Waals surface area contributed by atoms with Gasteiger partial charge in [-0.05, 0) is 43.4 Å². The van der Waals surface area contributed by atoms with Crippen molar-refractivity contribution in [3.8, 4) is 0 Å². The molecule has 2 nitrogen and oxygen atoms in total. The van der Waals surface area contributed by atoms with Crippen molar-refractivity contribution >= 4 is 6.08 Å². The molecule has 1 N–H and O–H groups in total. The fourth-order valence-electron chi connectivity index (χ4n) is 3.83. The molecule has 1 aliphatic heterocycles. The number of aryl methyl sites for hydroxylation is 1. The Morgan fingerprint density at radius 1 is 1.00 bits per heavy atom. The Morgan fingerprint density at radius 3 is 2.44 bits per heavy atom. The lowest BCUT2D eigenvalue weighted by Crippen LogP contribution is -2.45. The summed E-state index contributed by atoms with van der Waals surface area (Å²) in [6, 6.07) is 21.1. The molecular weight excluding hydrogens is 306 g/mol. The van der Waals surface area contributed by atoms with E-state index in [0.717, 1.165) is 38.9 Å². The van der Waals surface area contributed by atoms with Crippen molar-refractivity contribution in [3.05, 3.63) is 77.9 Å². The molecule has 0 aromatic heterocycles. The molecule has 25 heavy (non-hydrogen) atoms. The molecule has 0 bridgehead atoms. The van der Waals surface area contributed by atoms with Crippen molar-refractivity contribution in [2.45, 2.75) is 25.7 Å². The van der Waals surface area contributed by atoms with Gasteiger partial charge < -0.3 is 5.11 Å². The molecule has 0 radical (unpaired) electrons. The van der Waals surface area contributed by atoms with Crippen LogP contribution in [0.15, 0.2) is 66.7 Å². The van der Waals surface area contributed by atoms with Crippen LogP contribution in [0, 0.1) is 5.41 Å². The lowest BCUT2D eigenvalue weighted by atomic mass is 9.76. The van der Waals surface area contributed by atoms with Crippen LogP contribution in [0.2, 0.25) is 0 Å². The fourth-order valence-corrected chi connectivity index (χ4v) is 3.83. The number of hydrogen-bond donors (Lipinski definition) is 1. The van der Waals surface area contributed by atoms with E-state index < -0.39 is 0 Å². The van der Waals surface area contributed by atoms with E-state index in [1.165, 1.54) is 17.5 Å². The van der Waals surface area contributed by atoms with Crippen LogP contribution in [0.25, 0.3) is 6.08 Å². The smallest absolute Gasteiger partial charge is 0.0499 e. The zero-order valence-corrected chi connectivity index (χ0v) is 15.0. The summed E-state index contributed by atoms with van der Waals surface area (Å²) in [5.74, 6) is 0. The maximum Gasteiger partial charge on any atom is 0.0499 e. The zero-order valence-electron chi connectivity index (χ0n) is 15.0. The molecular formula is C23H29NO. The van der Waals surface area contributed by atoms with Crippen LogP contribution in [-0.2, 0) is 6.42 Å². The van der Waals surface area contributed by atoms with E-state index in [1.54, 1.807) is 0 Å². The second kappa shape index (κ2) is 8.98. The van der Waals surface area contributed by atoms with Crippen molar-refractivity contribution in [2.24, 2.45) is 5.41 Å². The first-order valence-corrected chi connectivity index (χ1v) is 9.38. The summed E-state index contributed by atoms with van der Waals surface area (Å²) >= 11 is 0. The molecule has 2 aromatic carbocycles. The lowest BCUT2D eigenvalue weighted by Gasteiger charge is -2.41. The summed E-state index contributed by atoms with van der Waals surface area (Å²) in [5.41, 5.74) is 2.67. The minimum atomic E-state index is 0.0503. The number of aliphatic hydroxyl groups excluding tert-OH is 1. The predicted molar refractivity (Wildman–Crippen MR) is 105 cm³/mol. The van der Waals surface area contributed by atoms with Gasteiger partial charge in [0.15, 0.2) is 0 Å².